The summed E-state index contributed by atoms with van der Waals surface area (Å²) in [5.41, 5.74) is 0. The molecular formula is C26H50O12. The van der Waals surface area contributed by atoms with E-state index in [0.29, 0.717) is 12.8 Å². The monoisotopic (exact) mass is 554 g/mol. The number of ether oxygens (including phenoxy) is 2. The standard InChI is InChI=1S/C26H50O12/c1-3-5-7-9-17(28)11-18(29)14-24(34)38-20(10-8-6-4-2)12-19(30)13-23(33)37-16-22(32)26(36)25(35)21(31)15-27/h17-22,25-32,35-36H,3-16H2,1-2H3/t17-,18-,19-,20+,21+,22-,25-,26-/m0/s1. The molecule has 0 fully saturated rings. The largest absolute Gasteiger partial charge is 0.463 e. The third-order valence-electron chi connectivity index (χ3n) is 6.19. The van der Waals surface area contributed by atoms with Crippen LogP contribution in [0.4, 0.5) is 0 Å². The number of rotatable bonds is 23. The Hall–Kier alpha value is -1.38. The van der Waals surface area contributed by atoms with Crippen molar-refractivity contribution in [3.8, 4) is 0 Å². The Labute approximate surface area is 225 Å². The lowest BCUT2D eigenvalue weighted by Gasteiger charge is -2.25. The predicted molar refractivity (Wildman–Crippen MR) is 137 cm³/mol. The van der Waals surface area contributed by atoms with Crippen LogP contribution in [0, 0.1) is 0 Å². The van der Waals surface area contributed by atoms with Crippen molar-refractivity contribution in [3.63, 3.8) is 0 Å². The third-order valence-corrected chi connectivity index (χ3v) is 6.19. The van der Waals surface area contributed by atoms with Crippen molar-refractivity contribution in [2.75, 3.05) is 13.2 Å². The highest BCUT2D eigenvalue weighted by molar-refractivity contribution is 5.70. The summed E-state index contributed by atoms with van der Waals surface area (Å²) in [7, 11) is 0. The summed E-state index contributed by atoms with van der Waals surface area (Å²) in [6.45, 7) is 2.48. The van der Waals surface area contributed by atoms with Crippen LogP contribution in [0.25, 0.3) is 0 Å². The maximum Gasteiger partial charge on any atom is 0.308 e. The van der Waals surface area contributed by atoms with Crippen LogP contribution in [0.2, 0.25) is 0 Å². The average molecular weight is 555 g/mol. The van der Waals surface area contributed by atoms with Gasteiger partial charge in [-0.15, -0.1) is 0 Å². The molecule has 0 bridgehead atoms. The molecule has 0 aliphatic rings. The number of hydrogen-bond acceptors (Lipinski definition) is 12. The number of hydrogen-bond donors (Lipinski definition) is 8. The van der Waals surface area contributed by atoms with E-state index in [1.165, 1.54) is 0 Å². The van der Waals surface area contributed by atoms with Gasteiger partial charge in [-0.1, -0.05) is 46.0 Å². The van der Waals surface area contributed by atoms with Crippen molar-refractivity contribution in [1.29, 1.82) is 0 Å². The first-order valence-corrected chi connectivity index (χ1v) is 13.7. The number of aliphatic hydroxyl groups is 8. The summed E-state index contributed by atoms with van der Waals surface area (Å²) in [4.78, 5) is 24.4. The molecule has 0 aliphatic carbocycles. The van der Waals surface area contributed by atoms with E-state index in [9.17, 15) is 45.3 Å². The van der Waals surface area contributed by atoms with Gasteiger partial charge in [0, 0.05) is 6.42 Å². The molecule has 0 heterocycles. The molecule has 0 aliphatic heterocycles. The third kappa shape index (κ3) is 17.3. The van der Waals surface area contributed by atoms with E-state index in [-0.39, 0.29) is 19.3 Å². The molecule has 0 rings (SSSR count). The van der Waals surface area contributed by atoms with Gasteiger partial charge < -0.3 is 50.3 Å². The Kier molecular flexibility index (Phi) is 20.7. The van der Waals surface area contributed by atoms with E-state index < -0.39 is 80.4 Å². The zero-order chi connectivity index (χ0) is 29.1. The Bertz CT molecular complexity index is 619. The first-order chi connectivity index (χ1) is 17.9. The van der Waals surface area contributed by atoms with Gasteiger partial charge in [0.2, 0.25) is 0 Å². The predicted octanol–water partition coefficient (Wildman–Crippen LogP) is -0.319. The fraction of sp³-hybridized carbons (Fsp3) is 0.923. The second-order valence-electron chi connectivity index (χ2n) is 9.93. The fourth-order valence-electron chi connectivity index (χ4n) is 3.90. The van der Waals surface area contributed by atoms with Crippen molar-refractivity contribution in [2.24, 2.45) is 0 Å². The second kappa shape index (κ2) is 21.4. The molecule has 0 unspecified atom stereocenters. The van der Waals surface area contributed by atoms with Gasteiger partial charge in [-0.2, -0.15) is 0 Å². The highest BCUT2D eigenvalue weighted by Crippen LogP contribution is 2.17. The Morgan fingerprint density at radius 2 is 1.18 bits per heavy atom. The molecule has 8 N–H and O–H groups in total. The molecule has 0 saturated carbocycles. The first kappa shape index (κ1) is 36.6. The summed E-state index contributed by atoms with van der Waals surface area (Å²) in [6.07, 6.45) is -5.37. The Morgan fingerprint density at radius 1 is 0.658 bits per heavy atom. The molecule has 0 aromatic carbocycles. The summed E-state index contributed by atoms with van der Waals surface area (Å²) in [5, 5.41) is 77.8. The number of carbonyl (C=O) groups excluding carboxylic acids is 2. The number of aliphatic hydroxyl groups excluding tert-OH is 8. The normalized spacial score (nSPS) is 18.1. The number of esters is 2. The van der Waals surface area contributed by atoms with Crippen LogP contribution in [0.1, 0.15) is 90.9 Å². The van der Waals surface area contributed by atoms with Gasteiger partial charge in [0.15, 0.2) is 0 Å². The highest BCUT2D eigenvalue weighted by Gasteiger charge is 2.31. The highest BCUT2D eigenvalue weighted by atomic mass is 16.6. The van der Waals surface area contributed by atoms with E-state index in [1.54, 1.807) is 0 Å². The lowest BCUT2D eigenvalue weighted by atomic mass is 10.0. The van der Waals surface area contributed by atoms with Gasteiger partial charge in [0.1, 0.15) is 37.1 Å². The zero-order valence-corrected chi connectivity index (χ0v) is 22.7. The molecule has 0 spiro atoms. The van der Waals surface area contributed by atoms with Crippen LogP contribution >= 0.6 is 0 Å². The van der Waals surface area contributed by atoms with Crippen molar-refractivity contribution in [1.82, 2.24) is 0 Å². The molecule has 226 valence electrons. The van der Waals surface area contributed by atoms with Crippen molar-refractivity contribution < 1.29 is 59.9 Å². The topological polar surface area (TPSA) is 214 Å². The van der Waals surface area contributed by atoms with Crippen molar-refractivity contribution >= 4 is 11.9 Å². The maximum atomic E-state index is 12.4. The molecule has 0 aromatic rings. The SMILES string of the molecule is CCCCC[C@H](O)C[C@H](O)CC(=O)O[C@H](CCCCC)C[C@H](O)CC(=O)OC[C@H](O)[C@H](O)[C@@H](O)[C@H](O)CO. The summed E-state index contributed by atoms with van der Waals surface area (Å²) in [6, 6.07) is 0. The summed E-state index contributed by atoms with van der Waals surface area (Å²) >= 11 is 0. The Morgan fingerprint density at radius 3 is 1.76 bits per heavy atom. The van der Waals surface area contributed by atoms with Gasteiger partial charge in [-0.05, 0) is 25.7 Å². The minimum absolute atomic E-state index is 0.0598. The van der Waals surface area contributed by atoms with Gasteiger partial charge in [-0.25, -0.2) is 0 Å². The fourth-order valence-corrected chi connectivity index (χ4v) is 3.90. The Balaban J connectivity index is 4.69. The van der Waals surface area contributed by atoms with Crippen LogP contribution in [0.3, 0.4) is 0 Å². The second-order valence-corrected chi connectivity index (χ2v) is 9.93. The maximum absolute atomic E-state index is 12.4. The molecule has 0 amide bonds. The lowest BCUT2D eigenvalue weighted by Crippen LogP contribution is -2.47. The molecule has 38 heavy (non-hydrogen) atoms. The van der Waals surface area contributed by atoms with E-state index in [1.807, 2.05) is 13.8 Å². The van der Waals surface area contributed by atoms with Crippen molar-refractivity contribution in [2.45, 2.75) is 140 Å². The van der Waals surface area contributed by atoms with E-state index in [4.69, 9.17) is 14.6 Å². The van der Waals surface area contributed by atoms with E-state index in [0.717, 1.165) is 38.5 Å². The van der Waals surface area contributed by atoms with Crippen LogP contribution in [0.5, 0.6) is 0 Å². The summed E-state index contributed by atoms with van der Waals surface area (Å²) < 4.78 is 10.3. The van der Waals surface area contributed by atoms with E-state index >= 15 is 0 Å². The zero-order valence-electron chi connectivity index (χ0n) is 22.7. The van der Waals surface area contributed by atoms with E-state index in [2.05, 4.69) is 0 Å². The molecule has 8 atom stereocenters. The van der Waals surface area contributed by atoms with Gasteiger partial charge in [0.05, 0.1) is 37.8 Å². The molecule has 12 heteroatoms. The molecule has 0 radical (unpaired) electrons. The number of carbonyl (C=O) groups is 2. The molecule has 12 nitrogen and oxygen atoms in total. The molecule has 0 aromatic heterocycles. The molecule has 0 saturated heterocycles. The van der Waals surface area contributed by atoms with Gasteiger partial charge >= 0.3 is 11.9 Å². The van der Waals surface area contributed by atoms with Gasteiger partial charge in [0.25, 0.3) is 0 Å². The van der Waals surface area contributed by atoms with Crippen LogP contribution in [-0.2, 0) is 19.1 Å². The smallest absolute Gasteiger partial charge is 0.308 e. The first-order valence-electron chi connectivity index (χ1n) is 13.7. The lowest BCUT2D eigenvalue weighted by molar-refractivity contribution is -0.159. The summed E-state index contributed by atoms with van der Waals surface area (Å²) in [5.74, 6) is -1.58. The van der Waals surface area contributed by atoms with Gasteiger partial charge in [-0.3, -0.25) is 9.59 Å². The minimum Gasteiger partial charge on any atom is -0.463 e. The minimum atomic E-state index is -1.88. The van der Waals surface area contributed by atoms with Crippen LogP contribution < -0.4 is 0 Å². The quantitative estimate of drug-likeness (QED) is 0.0603. The van der Waals surface area contributed by atoms with Crippen LogP contribution in [0.15, 0.2) is 0 Å². The number of unbranched alkanes of at least 4 members (excludes halogenated alkanes) is 4. The molecular weight excluding hydrogens is 504 g/mol. The average Bonchev–Trinajstić information content (AvgIpc) is 2.85. The van der Waals surface area contributed by atoms with Crippen LogP contribution in [-0.4, -0.2) is 115 Å². The van der Waals surface area contributed by atoms with Crippen molar-refractivity contribution in [3.05, 3.63) is 0 Å².